The number of amides is 1. The topological polar surface area (TPSA) is 52.6 Å². The lowest BCUT2D eigenvalue weighted by Gasteiger charge is -2.24. The van der Waals surface area contributed by atoms with Crippen molar-refractivity contribution in [3.05, 3.63) is 29.8 Å². The minimum atomic E-state index is -0.148. The van der Waals surface area contributed by atoms with Gasteiger partial charge in [-0.3, -0.25) is 4.79 Å². The van der Waals surface area contributed by atoms with Crippen LogP contribution in [0, 0.1) is 0 Å². The van der Waals surface area contributed by atoms with E-state index in [0.717, 1.165) is 38.0 Å². The van der Waals surface area contributed by atoms with E-state index in [1.165, 1.54) is 5.56 Å². The van der Waals surface area contributed by atoms with Gasteiger partial charge in [-0.1, -0.05) is 18.2 Å². The van der Waals surface area contributed by atoms with Crippen LogP contribution in [0.2, 0.25) is 0 Å². The van der Waals surface area contributed by atoms with Crippen molar-refractivity contribution in [1.82, 2.24) is 5.32 Å². The average Bonchev–Trinajstić information content (AvgIpc) is 2.55. The van der Waals surface area contributed by atoms with E-state index in [9.17, 15) is 4.79 Å². The molecule has 0 aromatic heterocycles. The van der Waals surface area contributed by atoms with Crippen molar-refractivity contribution in [2.24, 2.45) is 0 Å². The number of anilines is 1. The van der Waals surface area contributed by atoms with Gasteiger partial charge in [0.2, 0.25) is 5.91 Å². The fraction of sp³-hybridized carbons (Fsp3) is 0.533. The molecule has 0 bridgehead atoms. The molecule has 1 aliphatic heterocycles. The van der Waals surface area contributed by atoms with Crippen LogP contribution >= 0.6 is 0 Å². The van der Waals surface area contributed by atoms with Crippen LogP contribution in [-0.2, 0) is 11.3 Å². The highest BCUT2D eigenvalue weighted by molar-refractivity contribution is 5.98. The zero-order valence-corrected chi connectivity index (χ0v) is 11.4. The van der Waals surface area contributed by atoms with Crippen molar-refractivity contribution in [2.45, 2.75) is 38.8 Å². The molecule has 1 amide bonds. The summed E-state index contributed by atoms with van der Waals surface area (Å²) in [6.07, 6.45) is 2.68. The summed E-state index contributed by atoms with van der Waals surface area (Å²) in [5, 5.41) is 12.1. The Kier molecular flexibility index (Phi) is 4.93. The van der Waals surface area contributed by atoms with Crippen molar-refractivity contribution in [3.8, 4) is 0 Å². The third kappa shape index (κ3) is 3.33. The Morgan fingerprint density at radius 1 is 1.32 bits per heavy atom. The maximum Gasteiger partial charge on any atom is 0.243 e. The van der Waals surface area contributed by atoms with Gasteiger partial charge >= 0.3 is 0 Å². The summed E-state index contributed by atoms with van der Waals surface area (Å²) in [6.45, 7) is 3.59. The first kappa shape index (κ1) is 14.0. The quantitative estimate of drug-likeness (QED) is 0.794. The standard InChI is InChI=1S/C15H22N2O2/c1-12-15(19)17(9-5-2-6-10-18)14-8-4-3-7-13(14)11-16-12/h3-4,7-8,12,16,18H,2,5-6,9-11H2,1H3. The molecule has 1 aromatic rings. The Balaban J connectivity index is 2.14. The molecule has 2 rings (SSSR count). The number of hydrogen-bond donors (Lipinski definition) is 2. The lowest BCUT2D eigenvalue weighted by atomic mass is 10.1. The van der Waals surface area contributed by atoms with Gasteiger partial charge in [-0.05, 0) is 37.8 Å². The Hall–Kier alpha value is -1.39. The highest BCUT2D eigenvalue weighted by atomic mass is 16.2. The molecule has 0 saturated carbocycles. The fourth-order valence-corrected chi connectivity index (χ4v) is 2.42. The van der Waals surface area contributed by atoms with E-state index in [4.69, 9.17) is 5.11 Å². The number of hydrogen-bond acceptors (Lipinski definition) is 3. The molecule has 1 aliphatic rings. The van der Waals surface area contributed by atoms with Gasteiger partial charge in [-0.25, -0.2) is 0 Å². The predicted octanol–water partition coefficient (Wildman–Crippen LogP) is 1.67. The first-order valence-electron chi connectivity index (χ1n) is 6.97. The largest absolute Gasteiger partial charge is 0.396 e. The number of nitrogens with one attached hydrogen (secondary N) is 1. The van der Waals surface area contributed by atoms with Crippen molar-refractivity contribution >= 4 is 11.6 Å². The Morgan fingerprint density at radius 2 is 2.11 bits per heavy atom. The Labute approximate surface area is 114 Å². The third-order valence-electron chi connectivity index (χ3n) is 3.56. The second-order valence-electron chi connectivity index (χ2n) is 5.01. The van der Waals surface area contributed by atoms with Gasteiger partial charge in [0.05, 0.1) is 6.04 Å². The monoisotopic (exact) mass is 262 g/mol. The van der Waals surface area contributed by atoms with Crippen LogP contribution in [0.4, 0.5) is 5.69 Å². The minimum absolute atomic E-state index is 0.133. The predicted molar refractivity (Wildman–Crippen MR) is 76.0 cm³/mol. The van der Waals surface area contributed by atoms with E-state index in [0.29, 0.717) is 0 Å². The first-order chi connectivity index (χ1) is 9.24. The van der Waals surface area contributed by atoms with Crippen LogP contribution in [0.25, 0.3) is 0 Å². The maximum atomic E-state index is 12.4. The smallest absolute Gasteiger partial charge is 0.243 e. The van der Waals surface area contributed by atoms with Crippen molar-refractivity contribution in [2.75, 3.05) is 18.1 Å². The number of para-hydroxylation sites is 1. The third-order valence-corrected chi connectivity index (χ3v) is 3.56. The SMILES string of the molecule is CC1NCc2ccccc2N(CCCCCO)C1=O. The van der Waals surface area contributed by atoms with Crippen LogP contribution in [0.5, 0.6) is 0 Å². The average molecular weight is 262 g/mol. The van der Waals surface area contributed by atoms with Gasteiger partial charge < -0.3 is 15.3 Å². The van der Waals surface area contributed by atoms with E-state index < -0.39 is 0 Å². The maximum absolute atomic E-state index is 12.4. The lowest BCUT2D eigenvalue weighted by Crippen LogP contribution is -2.42. The van der Waals surface area contributed by atoms with Crippen LogP contribution < -0.4 is 10.2 Å². The van der Waals surface area contributed by atoms with E-state index in [1.54, 1.807) is 0 Å². The molecule has 0 saturated heterocycles. The molecule has 19 heavy (non-hydrogen) atoms. The molecule has 4 nitrogen and oxygen atoms in total. The zero-order valence-electron chi connectivity index (χ0n) is 11.4. The van der Waals surface area contributed by atoms with Gasteiger partial charge in [0.25, 0.3) is 0 Å². The highest BCUT2D eigenvalue weighted by Crippen LogP contribution is 2.24. The molecule has 1 atom stereocenters. The molecular weight excluding hydrogens is 240 g/mol. The Bertz CT molecular complexity index is 434. The molecule has 0 aliphatic carbocycles. The molecule has 2 N–H and O–H groups in total. The van der Waals surface area contributed by atoms with Crippen molar-refractivity contribution in [3.63, 3.8) is 0 Å². The molecule has 1 heterocycles. The van der Waals surface area contributed by atoms with Crippen molar-refractivity contribution in [1.29, 1.82) is 0 Å². The summed E-state index contributed by atoms with van der Waals surface area (Å²) >= 11 is 0. The van der Waals surface area contributed by atoms with Crippen LogP contribution in [0.1, 0.15) is 31.7 Å². The second kappa shape index (κ2) is 6.68. The van der Waals surface area contributed by atoms with E-state index in [2.05, 4.69) is 11.4 Å². The van der Waals surface area contributed by atoms with Crippen LogP contribution in [0.15, 0.2) is 24.3 Å². The molecule has 0 spiro atoms. The molecule has 0 radical (unpaired) electrons. The summed E-state index contributed by atoms with van der Waals surface area (Å²) < 4.78 is 0. The summed E-state index contributed by atoms with van der Waals surface area (Å²) in [5.41, 5.74) is 2.19. The number of benzene rings is 1. The number of fused-ring (bicyclic) bond motifs is 1. The summed E-state index contributed by atoms with van der Waals surface area (Å²) in [7, 11) is 0. The fourth-order valence-electron chi connectivity index (χ4n) is 2.42. The van der Waals surface area contributed by atoms with Gasteiger partial charge in [0.15, 0.2) is 0 Å². The number of nitrogens with zero attached hydrogens (tertiary/aromatic N) is 1. The summed E-state index contributed by atoms with van der Waals surface area (Å²) in [6, 6.07) is 7.91. The minimum Gasteiger partial charge on any atom is -0.396 e. The van der Waals surface area contributed by atoms with E-state index >= 15 is 0 Å². The van der Waals surface area contributed by atoms with Gasteiger partial charge in [-0.2, -0.15) is 0 Å². The van der Waals surface area contributed by atoms with E-state index in [-0.39, 0.29) is 18.6 Å². The highest BCUT2D eigenvalue weighted by Gasteiger charge is 2.26. The molecule has 1 unspecified atom stereocenters. The molecule has 1 aromatic carbocycles. The number of carbonyl (C=O) groups excluding carboxylic acids is 1. The molecule has 104 valence electrons. The number of rotatable bonds is 5. The normalized spacial score (nSPS) is 19.2. The lowest BCUT2D eigenvalue weighted by molar-refractivity contribution is -0.120. The van der Waals surface area contributed by atoms with Crippen LogP contribution in [0.3, 0.4) is 0 Å². The van der Waals surface area contributed by atoms with Gasteiger partial charge in [-0.15, -0.1) is 0 Å². The second-order valence-corrected chi connectivity index (χ2v) is 5.01. The zero-order chi connectivity index (χ0) is 13.7. The van der Waals surface area contributed by atoms with Crippen LogP contribution in [-0.4, -0.2) is 30.2 Å². The summed E-state index contributed by atoms with van der Waals surface area (Å²) in [4.78, 5) is 14.3. The van der Waals surface area contributed by atoms with E-state index in [1.807, 2.05) is 30.0 Å². The summed E-state index contributed by atoms with van der Waals surface area (Å²) in [5.74, 6) is 0.133. The number of unbranched alkanes of at least 4 members (excludes halogenated alkanes) is 2. The molecular formula is C15H22N2O2. The first-order valence-corrected chi connectivity index (χ1v) is 6.97. The number of aliphatic hydroxyl groups is 1. The van der Waals surface area contributed by atoms with Gasteiger partial charge in [0.1, 0.15) is 0 Å². The number of carbonyl (C=O) groups is 1. The number of aliphatic hydroxyl groups excluding tert-OH is 1. The molecule has 4 heteroatoms. The van der Waals surface area contributed by atoms with Gasteiger partial charge in [0, 0.05) is 25.4 Å². The Morgan fingerprint density at radius 3 is 2.89 bits per heavy atom. The van der Waals surface area contributed by atoms with Crippen molar-refractivity contribution < 1.29 is 9.90 Å². The molecule has 0 fully saturated rings.